The molecule has 0 radical (unpaired) electrons. The molecule has 6 heteroatoms. The fourth-order valence-electron chi connectivity index (χ4n) is 3.11. The fraction of sp³-hybridized carbons (Fsp3) is 0.333. The van der Waals surface area contributed by atoms with Gasteiger partial charge >= 0.3 is 0 Å². The smallest absolute Gasteiger partial charge is 0.248 e. The van der Waals surface area contributed by atoms with Gasteiger partial charge in [0.2, 0.25) is 11.8 Å². The van der Waals surface area contributed by atoms with Gasteiger partial charge in [-0.1, -0.05) is 18.2 Å². The van der Waals surface area contributed by atoms with Crippen molar-refractivity contribution in [2.45, 2.75) is 25.3 Å². The third-order valence-electron chi connectivity index (χ3n) is 4.50. The molecule has 0 atom stereocenters. The predicted octanol–water partition coefficient (Wildman–Crippen LogP) is 4.32. The molecule has 0 spiro atoms. The lowest BCUT2D eigenvalue weighted by Gasteiger charge is -2.30. The van der Waals surface area contributed by atoms with Crippen LogP contribution in [0, 0.1) is 5.82 Å². The van der Waals surface area contributed by atoms with E-state index in [1.807, 2.05) is 29.0 Å². The second-order valence-electron chi connectivity index (χ2n) is 6.10. The van der Waals surface area contributed by atoms with Crippen LogP contribution in [0.15, 0.2) is 45.5 Å². The fourth-order valence-corrected chi connectivity index (χ4v) is 3.74. The van der Waals surface area contributed by atoms with E-state index in [0.29, 0.717) is 18.4 Å². The molecule has 0 bridgehead atoms. The van der Waals surface area contributed by atoms with Crippen molar-refractivity contribution in [1.82, 2.24) is 15.1 Å². The average molecular weight is 343 g/mol. The monoisotopic (exact) mass is 343 g/mol. The number of nitrogens with zero attached hydrogens (tertiary/aromatic N) is 3. The van der Waals surface area contributed by atoms with Crippen molar-refractivity contribution >= 4 is 11.3 Å². The molecule has 0 saturated carbocycles. The zero-order valence-electron chi connectivity index (χ0n) is 13.2. The van der Waals surface area contributed by atoms with Gasteiger partial charge in [0.25, 0.3) is 0 Å². The summed E-state index contributed by atoms with van der Waals surface area (Å²) in [5.41, 5.74) is 1.74. The van der Waals surface area contributed by atoms with E-state index in [4.69, 9.17) is 4.42 Å². The minimum Gasteiger partial charge on any atom is -0.420 e. The van der Waals surface area contributed by atoms with Gasteiger partial charge in [0, 0.05) is 29.0 Å². The van der Waals surface area contributed by atoms with Gasteiger partial charge in [-0.3, -0.25) is 4.90 Å². The maximum absolute atomic E-state index is 13.8. The Hall–Kier alpha value is -2.05. The summed E-state index contributed by atoms with van der Waals surface area (Å²) in [5.74, 6) is 1.49. The Morgan fingerprint density at radius 3 is 2.75 bits per heavy atom. The average Bonchev–Trinajstić information content (AvgIpc) is 3.29. The van der Waals surface area contributed by atoms with Crippen LogP contribution in [-0.4, -0.2) is 28.2 Å². The Morgan fingerprint density at radius 2 is 2.00 bits per heavy atom. The van der Waals surface area contributed by atoms with Crippen LogP contribution < -0.4 is 0 Å². The summed E-state index contributed by atoms with van der Waals surface area (Å²) >= 11 is 1.62. The van der Waals surface area contributed by atoms with E-state index < -0.39 is 0 Å². The van der Waals surface area contributed by atoms with Gasteiger partial charge in [0.05, 0.1) is 0 Å². The van der Waals surface area contributed by atoms with E-state index in [0.717, 1.165) is 42.9 Å². The molecule has 0 N–H and O–H groups in total. The third-order valence-corrected chi connectivity index (χ3v) is 5.18. The van der Waals surface area contributed by atoms with Crippen molar-refractivity contribution in [3.63, 3.8) is 0 Å². The number of aromatic nitrogens is 2. The summed E-state index contributed by atoms with van der Waals surface area (Å²) in [4.78, 5) is 2.28. The molecule has 1 aliphatic heterocycles. The minimum atomic E-state index is -0.128. The molecular formula is C18H18FN3OS. The molecule has 1 aromatic carbocycles. The van der Waals surface area contributed by atoms with E-state index in [9.17, 15) is 4.39 Å². The summed E-state index contributed by atoms with van der Waals surface area (Å²) in [5, 5.41) is 12.4. The molecule has 124 valence electrons. The first kappa shape index (κ1) is 15.5. The van der Waals surface area contributed by atoms with Crippen molar-refractivity contribution in [2.24, 2.45) is 0 Å². The zero-order valence-corrected chi connectivity index (χ0v) is 14.0. The van der Waals surface area contributed by atoms with Crippen LogP contribution in [0.3, 0.4) is 0 Å². The summed E-state index contributed by atoms with van der Waals surface area (Å²) < 4.78 is 19.6. The van der Waals surface area contributed by atoms with Crippen LogP contribution in [0.1, 0.15) is 30.2 Å². The lowest BCUT2D eigenvalue weighted by atomic mass is 9.96. The summed E-state index contributed by atoms with van der Waals surface area (Å²) in [6, 6.07) is 8.97. The zero-order chi connectivity index (χ0) is 16.4. The highest BCUT2D eigenvalue weighted by Gasteiger charge is 2.25. The van der Waals surface area contributed by atoms with Crippen molar-refractivity contribution < 1.29 is 8.81 Å². The van der Waals surface area contributed by atoms with E-state index in [1.165, 1.54) is 6.07 Å². The number of likely N-dealkylation sites (tertiary alicyclic amines) is 1. The first-order chi connectivity index (χ1) is 11.8. The normalized spacial score (nSPS) is 16.5. The van der Waals surface area contributed by atoms with Gasteiger partial charge < -0.3 is 4.42 Å². The second kappa shape index (κ2) is 6.83. The molecule has 1 saturated heterocycles. The lowest BCUT2D eigenvalue weighted by molar-refractivity contribution is 0.191. The Bertz CT molecular complexity index is 794. The topological polar surface area (TPSA) is 42.2 Å². The van der Waals surface area contributed by atoms with E-state index in [1.54, 1.807) is 17.4 Å². The predicted molar refractivity (Wildman–Crippen MR) is 91.3 cm³/mol. The number of thiophene rings is 1. The van der Waals surface area contributed by atoms with Crippen LogP contribution in [0.4, 0.5) is 4.39 Å². The van der Waals surface area contributed by atoms with Gasteiger partial charge in [-0.05, 0) is 43.4 Å². The number of hydrogen-bond donors (Lipinski definition) is 0. The van der Waals surface area contributed by atoms with Crippen LogP contribution >= 0.6 is 11.3 Å². The van der Waals surface area contributed by atoms with E-state index >= 15 is 0 Å². The van der Waals surface area contributed by atoms with Gasteiger partial charge in [0.15, 0.2) is 0 Å². The highest BCUT2D eigenvalue weighted by atomic mass is 32.1. The largest absolute Gasteiger partial charge is 0.420 e. The molecule has 1 aliphatic rings. The summed E-state index contributed by atoms with van der Waals surface area (Å²) in [6.45, 7) is 2.48. The maximum atomic E-state index is 13.8. The summed E-state index contributed by atoms with van der Waals surface area (Å²) in [7, 11) is 0. The Balaban J connectivity index is 1.37. The minimum absolute atomic E-state index is 0.128. The van der Waals surface area contributed by atoms with Crippen molar-refractivity contribution in [3.8, 4) is 11.5 Å². The van der Waals surface area contributed by atoms with Gasteiger partial charge in [-0.15, -0.1) is 10.2 Å². The molecule has 4 nitrogen and oxygen atoms in total. The molecule has 3 aromatic rings. The summed E-state index contributed by atoms with van der Waals surface area (Å²) in [6.07, 6.45) is 1.92. The number of halogens is 1. The van der Waals surface area contributed by atoms with Crippen LogP contribution in [0.25, 0.3) is 11.5 Å². The lowest BCUT2D eigenvalue weighted by Crippen LogP contribution is -2.32. The molecule has 4 rings (SSSR count). The Morgan fingerprint density at radius 1 is 1.17 bits per heavy atom. The molecule has 3 heterocycles. The van der Waals surface area contributed by atoms with Crippen LogP contribution in [0.5, 0.6) is 0 Å². The Labute approximate surface area is 143 Å². The second-order valence-corrected chi connectivity index (χ2v) is 6.88. The van der Waals surface area contributed by atoms with Crippen LogP contribution in [0.2, 0.25) is 0 Å². The standard InChI is InChI=1S/C18H18FN3OS/c19-16-4-2-1-3-14(16)11-22-8-5-13(6-9-22)17-20-21-18(23-17)15-7-10-24-12-15/h1-4,7,10,12-13H,5-6,8-9,11H2. The maximum Gasteiger partial charge on any atom is 0.248 e. The van der Waals surface area contributed by atoms with Crippen LogP contribution in [-0.2, 0) is 6.54 Å². The molecular weight excluding hydrogens is 325 g/mol. The quantitative estimate of drug-likeness (QED) is 0.708. The number of rotatable bonds is 4. The van der Waals surface area contributed by atoms with Crippen molar-refractivity contribution in [1.29, 1.82) is 0 Å². The van der Waals surface area contributed by atoms with E-state index in [-0.39, 0.29) is 5.82 Å². The van der Waals surface area contributed by atoms with Gasteiger partial charge in [0.1, 0.15) is 5.82 Å². The molecule has 2 aromatic heterocycles. The SMILES string of the molecule is Fc1ccccc1CN1CCC(c2nnc(-c3ccsc3)o2)CC1. The Kier molecular flexibility index (Phi) is 4.40. The molecule has 0 amide bonds. The molecule has 1 fully saturated rings. The van der Waals surface area contributed by atoms with Gasteiger partial charge in [-0.25, -0.2) is 4.39 Å². The number of benzene rings is 1. The van der Waals surface area contributed by atoms with Crippen molar-refractivity contribution in [3.05, 3.63) is 58.4 Å². The van der Waals surface area contributed by atoms with Gasteiger partial charge in [-0.2, -0.15) is 11.3 Å². The highest BCUT2D eigenvalue weighted by Crippen LogP contribution is 2.30. The molecule has 0 unspecified atom stereocenters. The first-order valence-electron chi connectivity index (χ1n) is 8.11. The van der Waals surface area contributed by atoms with E-state index in [2.05, 4.69) is 15.1 Å². The number of hydrogen-bond acceptors (Lipinski definition) is 5. The molecule has 0 aliphatic carbocycles. The first-order valence-corrected chi connectivity index (χ1v) is 9.05. The van der Waals surface area contributed by atoms with Crippen molar-refractivity contribution in [2.75, 3.05) is 13.1 Å². The number of piperidine rings is 1. The third kappa shape index (κ3) is 3.25. The molecule has 24 heavy (non-hydrogen) atoms. The highest BCUT2D eigenvalue weighted by molar-refractivity contribution is 7.08.